The molecule has 1 amide bonds. The number of carbonyl (C=O) groups excluding carboxylic acids is 1. The molecule has 98 valence electrons. The maximum atomic E-state index is 11.7. The highest BCUT2D eigenvalue weighted by atomic mass is 79.9. The predicted octanol–water partition coefficient (Wildman–Crippen LogP) is 3.74. The molecule has 0 radical (unpaired) electrons. The summed E-state index contributed by atoms with van der Waals surface area (Å²) >= 11 is 7.95. The van der Waals surface area contributed by atoms with Gasteiger partial charge in [-0.05, 0) is 40.2 Å². The van der Waals surface area contributed by atoms with Gasteiger partial charge in [0, 0.05) is 15.4 Å². The number of benzene rings is 1. The summed E-state index contributed by atoms with van der Waals surface area (Å²) in [7, 11) is 0. The predicted molar refractivity (Wildman–Crippen MR) is 82.9 cm³/mol. The number of nitrogens with one attached hydrogen (secondary N) is 1. The maximum absolute atomic E-state index is 11.7. The Morgan fingerprint density at radius 3 is 2.79 bits per heavy atom. The van der Waals surface area contributed by atoms with Crippen LogP contribution in [-0.2, 0) is 0 Å². The van der Waals surface area contributed by atoms with Crippen LogP contribution < -0.4 is 5.43 Å². The Kier molecular flexibility index (Phi) is 4.73. The number of amides is 1. The van der Waals surface area contributed by atoms with Crippen LogP contribution in [0.15, 0.2) is 43.0 Å². The fourth-order valence-corrected chi connectivity index (χ4v) is 2.77. The van der Waals surface area contributed by atoms with Gasteiger partial charge in [0.2, 0.25) is 0 Å². The van der Waals surface area contributed by atoms with Gasteiger partial charge in [0.15, 0.2) is 0 Å². The minimum atomic E-state index is -0.296. The minimum absolute atomic E-state index is 0.0886. The highest BCUT2D eigenvalue weighted by Gasteiger charge is 2.06. The van der Waals surface area contributed by atoms with Crippen molar-refractivity contribution in [2.24, 2.45) is 5.10 Å². The van der Waals surface area contributed by atoms with Gasteiger partial charge in [-0.2, -0.15) is 5.10 Å². The standard InChI is InChI=1S/C12H8Br2N2O2S/c13-9-2-1-7(10(17)4-9)5-15-16-12(18)8-3-11(14)19-6-8/h1-6,17H,(H,16,18)/b15-5+. The molecule has 7 heteroatoms. The maximum Gasteiger partial charge on any atom is 0.272 e. The first-order chi connectivity index (χ1) is 9.06. The largest absolute Gasteiger partial charge is 0.507 e. The summed E-state index contributed by atoms with van der Waals surface area (Å²) in [6.45, 7) is 0. The number of aromatic hydroxyl groups is 1. The molecule has 0 saturated heterocycles. The van der Waals surface area contributed by atoms with E-state index in [1.165, 1.54) is 17.6 Å². The van der Waals surface area contributed by atoms with E-state index in [-0.39, 0.29) is 11.7 Å². The SMILES string of the molecule is O=C(N/N=C/c1ccc(Br)cc1O)c1csc(Br)c1. The van der Waals surface area contributed by atoms with Gasteiger partial charge >= 0.3 is 0 Å². The number of thiophene rings is 1. The summed E-state index contributed by atoms with van der Waals surface area (Å²) in [5.41, 5.74) is 3.46. The number of halogens is 2. The number of hydrogen-bond donors (Lipinski definition) is 2. The molecule has 0 unspecified atom stereocenters. The van der Waals surface area contributed by atoms with Crippen molar-refractivity contribution < 1.29 is 9.90 Å². The fourth-order valence-electron chi connectivity index (χ4n) is 1.28. The number of hydrogen-bond acceptors (Lipinski definition) is 4. The van der Waals surface area contributed by atoms with E-state index in [0.29, 0.717) is 11.1 Å². The average Bonchev–Trinajstić information content (AvgIpc) is 2.78. The van der Waals surface area contributed by atoms with Crippen molar-refractivity contribution in [1.29, 1.82) is 0 Å². The summed E-state index contributed by atoms with van der Waals surface area (Å²) in [5.74, 6) is -0.208. The van der Waals surface area contributed by atoms with E-state index in [0.717, 1.165) is 8.26 Å². The molecule has 0 aliphatic carbocycles. The third-order valence-electron chi connectivity index (χ3n) is 2.19. The quantitative estimate of drug-likeness (QED) is 0.605. The molecule has 4 nitrogen and oxygen atoms in total. The van der Waals surface area contributed by atoms with E-state index in [1.54, 1.807) is 29.6 Å². The van der Waals surface area contributed by atoms with Gasteiger partial charge in [-0.1, -0.05) is 15.9 Å². The molecule has 1 aromatic heterocycles. The average molecular weight is 404 g/mol. The van der Waals surface area contributed by atoms with E-state index in [4.69, 9.17) is 0 Å². The molecular weight excluding hydrogens is 396 g/mol. The highest BCUT2D eigenvalue weighted by Crippen LogP contribution is 2.21. The molecule has 2 rings (SSSR count). The Hall–Kier alpha value is -1.18. The molecule has 0 spiro atoms. The summed E-state index contributed by atoms with van der Waals surface area (Å²) in [4.78, 5) is 11.7. The molecule has 2 aromatic rings. The fraction of sp³-hybridized carbons (Fsp3) is 0. The lowest BCUT2D eigenvalue weighted by Gasteiger charge is -1.99. The van der Waals surface area contributed by atoms with Gasteiger partial charge in [-0.15, -0.1) is 11.3 Å². The van der Waals surface area contributed by atoms with Crippen LogP contribution in [0.4, 0.5) is 0 Å². The minimum Gasteiger partial charge on any atom is -0.507 e. The van der Waals surface area contributed by atoms with Crippen molar-refractivity contribution in [3.05, 3.63) is 49.0 Å². The van der Waals surface area contributed by atoms with Gasteiger partial charge in [-0.3, -0.25) is 4.79 Å². The van der Waals surface area contributed by atoms with Crippen LogP contribution in [0.1, 0.15) is 15.9 Å². The molecule has 2 N–H and O–H groups in total. The highest BCUT2D eigenvalue weighted by molar-refractivity contribution is 9.11. The third kappa shape index (κ3) is 3.89. The molecule has 0 bridgehead atoms. The topological polar surface area (TPSA) is 61.7 Å². The lowest BCUT2D eigenvalue weighted by atomic mass is 10.2. The number of phenols is 1. The molecule has 0 fully saturated rings. The molecule has 0 atom stereocenters. The Labute approximate surface area is 130 Å². The van der Waals surface area contributed by atoms with Gasteiger partial charge in [-0.25, -0.2) is 5.43 Å². The number of hydrazone groups is 1. The van der Waals surface area contributed by atoms with Crippen LogP contribution in [0.5, 0.6) is 5.75 Å². The van der Waals surface area contributed by atoms with Crippen LogP contribution in [0.3, 0.4) is 0 Å². The van der Waals surface area contributed by atoms with Crippen LogP contribution in [-0.4, -0.2) is 17.2 Å². The second kappa shape index (κ2) is 6.31. The molecule has 19 heavy (non-hydrogen) atoms. The molecular formula is C12H8Br2N2O2S. The molecule has 0 aliphatic heterocycles. The van der Waals surface area contributed by atoms with Crippen LogP contribution >= 0.6 is 43.2 Å². The van der Waals surface area contributed by atoms with Crippen molar-refractivity contribution in [3.8, 4) is 5.75 Å². The van der Waals surface area contributed by atoms with Crippen molar-refractivity contribution in [2.45, 2.75) is 0 Å². The molecule has 1 heterocycles. The van der Waals surface area contributed by atoms with Crippen LogP contribution in [0.25, 0.3) is 0 Å². The second-order valence-electron chi connectivity index (χ2n) is 3.54. The first-order valence-electron chi connectivity index (χ1n) is 5.12. The summed E-state index contributed by atoms with van der Waals surface area (Å²) in [5, 5.41) is 15.2. The van der Waals surface area contributed by atoms with E-state index < -0.39 is 0 Å². The molecule has 0 aliphatic rings. The van der Waals surface area contributed by atoms with E-state index in [9.17, 15) is 9.90 Å². The van der Waals surface area contributed by atoms with Gasteiger partial charge < -0.3 is 5.11 Å². The summed E-state index contributed by atoms with van der Waals surface area (Å²) in [6, 6.07) is 6.74. The van der Waals surface area contributed by atoms with Crippen molar-refractivity contribution in [1.82, 2.24) is 5.43 Å². The van der Waals surface area contributed by atoms with E-state index >= 15 is 0 Å². The van der Waals surface area contributed by atoms with E-state index in [1.807, 2.05) is 0 Å². The monoisotopic (exact) mass is 402 g/mol. The van der Waals surface area contributed by atoms with Crippen LogP contribution in [0.2, 0.25) is 0 Å². The van der Waals surface area contributed by atoms with Gasteiger partial charge in [0.05, 0.1) is 15.6 Å². The number of phenolic OH excluding ortho intramolecular Hbond substituents is 1. The zero-order valence-corrected chi connectivity index (χ0v) is 13.4. The Morgan fingerprint density at radius 1 is 1.37 bits per heavy atom. The Bertz CT molecular complexity index is 640. The third-order valence-corrected chi connectivity index (χ3v) is 4.19. The molecule has 1 aromatic carbocycles. The summed E-state index contributed by atoms with van der Waals surface area (Å²) in [6.07, 6.45) is 1.39. The van der Waals surface area contributed by atoms with Gasteiger partial charge in [0.25, 0.3) is 5.91 Å². The number of nitrogens with zero attached hydrogens (tertiary/aromatic N) is 1. The van der Waals surface area contributed by atoms with Crippen molar-refractivity contribution in [3.63, 3.8) is 0 Å². The van der Waals surface area contributed by atoms with Crippen LogP contribution in [0, 0.1) is 0 Å². The Morgan fingerprint density at radius 2 is 2.16 bits per heavy atom. The first kappa shape index (κ1) is 14.2. The van der Waals surface area contributed by atoms with Crippen molar-refractivity contribution in [2.75, 3.05) is 0 Å². The van der Waals surface area contributed by atoms with E-state index in [2.05, 4.69) is 42.4 Å². The molecule has 0 saturated carbocycles. The number of carbonyl (C=O) groups is 1. The second-order valence-corrected chi connectivity index (χ2v) is 6.75. The number of rotatable bonds is 3. The first-order valence-corrected chi connectivity index (χ1v) is 7.59. The Balaban J connectivity index is 2.02. The van der Waals surface area contributed by atoms with Gasteiger partial charge in [0.1, 0.15) is 5.75 Å². The lowest BCUT2D eigenvalue weighted by Crippen LogP contribution is -2.16. The zero-order chi connectivity index (χ0) is 13.8. The lowest BCUT2D eigenvalue weighted by molar-refractivity contribution is 0.0955. The summed E-state index contributed by atoms with van der Waals surface area (Å²) < 4.78 is 1.65. The van der Waals surface area contributed by atoms with Crippen molar-refractivity contribution >= 4 is 55.3 Å². The zero-order valence-electron chi connectivity index (χ0n) is 9.43. The normalized spacial score (nSPS) is 10.8. The smallest absolute Gasteiger partial charge is 0.272 e.